The largest absolute Gasteiger partial charge is 0.465 e. The number of halogens is 4. The zero-order valence-corrected chi connectivity index (χ0v) is 42.4. The number of pyridine rings is 1. The Morgan fingerprint density at radius 1 is 0.851 bits per heavy atom. The number of carbonyl (C=O) groups is 4. The summed E-state index contributed by atoms with van der Waals surface area (Å²) in [5, 5.41) is 33.9. The summed E-state index contributed by atoms with van der Waals surface area (Å²) in [6.07, 6.45) is 0.918. The van der Waals surface area contributed by atoms with E-state index in [1.807, 2.05) is 12.1 Å². The van der Waals surface area contributed by atoms with Gasteiger partial charge < -0.3 is 40.5 Å². The van der Waals surface area contributed by atoms with E-state index >= 15 is 8.78 Å². The standard InChI is InChI=1S/C52H64F4N10O8/c1-51(2,3)44(60-50(72)73-7)46(68)58-41(20-31-11-8-30(9-12-31)10-13-32-14-17-43(57-23-32)63-24-34-15-16-35(25-63)66(34)36-28-74-29-36)42(67)27-64(62-47(69)45(52(4,5)6)59-49(70)71)26-37-38(53)21-33(22-39(37)54)40-18-19-65(61-40)48(55)56/h8-9,11-12,14,17-19,21-23,34-36,41-42,44-45,48,59,67H,15-16,20,24-29H2,1-7H3,(H,58,68)(H,60,72)(H,62,69)(H,70,71)/t34?,35?,41-,42-,44+,45+/m0/s1. The molecule has 398 valence electrons. The summed E-state index contributed by atoms with van der Waals surface area (Å²) in [6.45, 7) is 8.92. The lowest BCUT2D eigenvalue weighted by molar-refractivity contribution is -0.132. The molecule has 3 aliphatic rings. The third-order valence-electron chi connectivity index (χ3n) is 13.4. The Labute approximate surface area is 427 Å². The second kappa shape index (κ2) is 23.2. The van der Waals surface area contributed by atoms with Gasteiger partial charge in [0.15, 0.2) is 0 Å². The Bertz CT molecular complexity index is 2660. The third-order valence-corrected chi connectivity index (χ3v) is 13.4. The van der Waals surface area contributed by atoms with Gasteiger partial charge >= 0.3 is 18.7 Å². The molecule has 7 rings (SSSR count). The Balaban J connectivity index is 1.12. The van der Waals surface area contributed by atoms with E-state index in [1.165, 1.54) is 12.8 Å². The molecule has 2 unspecified atom stereocenters. The van der Waals surface area contributed by atoms with Crippen molar-refractivity contribution in [1.82, 2.24) is 46.0 Å². The van der Waals surface area contributed by atoms with Crippen molar-refractivity contribution < 1.29 is 56.4 Å². The Kier molecular flexibility index (Phi) is 17.2. The van der Waals surface area contributed by atoms with E-state index in [0.29, 0.717) is 39.5 Å². The molecule has 0 aliphatic carbocycles. The summed E-state index contributed by atoms with van der Waals surface area (Å²) >= 11 is 0. The van der Waals surface area contributed by atoms with Crippen LogP contribution in [0.15, 0.2) is 67.0 Å². The fourth-order valence-electron chi connectivity index (χ4n) is 9.50. The van der Waals surface area contributed by atoms with Crippen LogP contribution in [0.3, 0.4) is 0 Å². The number of amides is 4. The van der Waals surface area contributed by atoms with Crippen LogP contribution >= 0.6 is 0 Å². The molecule has 2 aromatic carbocycles. The van der Waals surface area contributed by atoms with E-state index in [0.717, 1.165) is 68.6 Å². The van der Waals surface area contributed by atoms with Crippen LogP contribution in [0.1, 0.15) is 83.2 Å². The number of aromatic nitrogens is 3. The summed E-state index contributed by atoms with van der Waals surface area (Å²) < 4.78 is 69.0. The number of piperazine rings is 1. The maximum absolute atomic E-state index is 16.0. The molecule has 2 bridgehead atoms. The van der Waals surface area contributed by atoms with Gasteiger partial charge in [-0.3, -0.25) is 19.9 Å². The normalized spacial score (nSPS) is 18.6. The van der Waals surface area contributed by atoms with Gasteiger partial charge in [-0.15, -0.1) is 0 Å². The summed E-state index contributed by atoms with van der Waals surface area (Å²) in [7, 11) is 1.14. The molecule has 2 aromatic heterocycles. The fourth-order valence-corrected chi connectivity index (χ4v) is 9.50. The maximum Gasteiger partial charge on any atom is 0.407 e. The quantitative estimate of drug-likeness (QED) is 0.0442. The summed E-state index contributed by atoms with van der Waals surface area (Å²) in [4.78, 5) is 62.0. The number of nitrogens with zero attached hydrogens (tertiary/aromatic N) is 6. The average Bonchev–Trinajstić information content (AvgIpc) is 3.91. The zero-order valence-electron chi connectivity index (χ0n) is 42.4. The molecule has 3 saturated heterocycles. The number of hydrogen-bond acceptors (Lipinski definition) is 12. The number of hydrazine groups is 1. The second-order valence-electron chi connectivity index (χ2n) is 21.1. The number of fused-ring (bicyclic) bond motifs is 2. The molecule has 3 fully saturated rings. The van der Waals surface area contributed by atoms with E-state index in [-0.39, 0.29) is 17.7 Å². The predicted molar refractivity (Wildman–Crippen MR) is 264 cm³/mol. The fraction of sp³-hybridized carbons (Fsp3) is 0.500. The highest BCUT2D eigenvalue weighted by Gasteiger charge is 2.45. The van der Waals surface area contributed by atoms with Gasteiger partial charge in [-0.1, -0.05) is 65.5 Å². The lowest BCUT2D eigenvalue weighted by atomic mass is 9.85. The first-order valence-electron chi connectivity index (χ1n) is 24.3. The molecule has 0 radical (unpaired) electrons. The van der Waals surface area contributed by atoms with Crippen molar-refractivity contribution >= 4 is 29.8 Å². The van der Waals surface area contributed by atoms with Crippen molar-refractivity contribution in [1.29, 1.82) is 0 Å². The van der Waals surface area contributed by atoms with Crippen LogP contribution in [0, 0.1) is 34.3 Å². The number of carbonyl (C=O) groups excluding carboxylic acids is 3. The maximum atomic E-state index is 16.0. The number of hydrogen-bond donors (Lipinski definition) is 6. The molecule has 18 nitrogen and oxygen atoms in total. The van der Waals surface area contributed by atoms with Crippen molar-refractivity contribution in [2.45, 2.75) is 116 Å². The first-order chi connectivity index (χ1) is 35.0. The van der Waals surface area contributed by atoms with Crippen molar-refractivity contribution in [3.8, 4) is 23.1 Å². The number of rotatable bonds is 17. The molecule has 5 heterocycles. The number of nitrogens with one attached hydrogen (secondary N) is 4. The third kappa shape index (κ3) is 13.7. The van der Waals surface area contributed by atoms with Gasteiger partial charge in [-0.2, -0.15) is 13.9 Å². The van der Waals surface area contributed by atoms with Crippen LogP contribution in [0.2, 0.25) is 0 Å². The molecule has 0 spiro atoms. The minimum absolute atomic E-state index is 0.0544. The zero-order chi connectivity index (χ0) is 53.6. The van der Waals surface area contributed by atoms with Crippen molar-refractivity contribution in [2.75, 3.05) is 44.9 Å². The Morgan fingerprint density at radius 3 is 1.99 bits per heavy atom. The number of carboxylic acid groups (broad SMARTS) is 1. The topological polar surface area (TPSA) is 216 Å². The van der Waals surface area contributed by atoms with E-state index < -0.39 is 95.9 Å². The van der Waals surface area contributed by atoms with Crippen molar-refractivity contribution in [2.24, 2.45) is 10.8 Å². The minimum atomic E-state index is -3.00. The molecule has 6 atom stereocenters. The molecule has 3 aliphatic heterocycles. The molecule has 0 saturated carbocycles. The number of ether oxygens (including phenoxy) is 2. The van der Waals surface area contributed by atoms with Crippen LogP contribution in [0.25, 0.3) is 11.3 Å². The van der Waals surface area contributed by atoms with Crippen LogP contribution in [0.5, 0.6) is 0 Å². The van der Waals surface area contributed by atoms with Crippen LogP contribution in [0.4, 0.5) is 33.0 Å². The minimum Gasteiger partial charge on any atom is -0.465 e. The number of aliphatic hydroxyl groups excluding tert-OH is 1. The first-order valence-corrected chi connectivity index (χ1v) is 24.3. The van der Waals surface area contributed by atoms with Gasteiger partial charge in [-0.25, -0.2) is 33.0 Å². The molecular weight excluding hydrogens is 969 g/mol. The van der Waals surface area contributed by atoms with E-state index in [4.69, 9.17) is 14.5 Å². The number of aliphatic hydroxyl groups is 1. The van der Waals surface area contributed by atoms with Gasteiger partial charge in [0.25, 0.3) is 5.91 Å². The van der Waals surface area contributed by atoms with Gasteiger partial charge in [-0.05, 0) is 78.1 Å². The predicted octanol–water partition coefficient (Wildman–Crippen LogP) is 5.44. The van der Waals surface area contributed by atoms with E-state index in [9.17, 15) is 38.2 Å². The Morgan fingerprint density at radius 2 is 1.46 bits per heavy atom. The van der Waals surface area contributed by atoms with Crippen LogP contribution in [-0.4, -0.2) is 141 Å². The monoisotopic (exact) mass is 1030 g/mol. The number of benzene rings is 2. The highest BCUT2D eigenvalue weighted by Crippen LogP contribution is 2.35. The van der Waals surface area contributed by atoms with Gasteiger partial charge in [0.1, 0.15) is 29.5 Å². The number of alkyl halides is 2. The van der Waals surface area contributed by atoms with Gasteiger partial charge in [0.2, 0.25) is 5.91 Å². The van der Waals surface area contributed by atoms with Crippen LogP contribution in [-0.2, 0) is 32.0 Å². The lowest BCUT2D eigenvalue weighted by Crippen LogP contribution is -2.62. The first kappa shape index (κ1) is 55.0. The number of alkyl carbamates (subject to hydrolysis) is 1. The SMILES string of the molecule is COC(=O)N[C@H](C(=O)N[C@@H](Cc1ccc(C#Cc2ccc(N3CC4CCC(C3)N4C3COC3)nc2)cc1)[C@@H](O)CN(Cc1c(F)cc(-c2ccn(C(F)F)n2)cc1F)NC(=O)[C@@H](NC(=O)O)C(C)(C)C)C(C)(C)C. The van der Waals surface area contributed by atoms with Crippen molar-refractivity contribution in [3.05, 3.63) is 101 Å². The summed E-state index contributed by atoms with van der Waals surface area (Å²) in [5.74, 6) is 3.25. The molecular formula is C52H64F4N10O8. The van der Waals surface area contributed by atoms with E-state index in [1.54, 1.807) is 72.0 Å². The molecule has 6 N–H and O–H groups in total. The smallest absolute Gasteiger partial charge is 0.407 e. The highest BCUT2D eigenvalue weighted by atomic mass is 19.3. The molecule has 4 aromatic rings. The van der Waals surface area contributed by atoms with Gasteiger partial charge in [0, 0.05) is 72.9 Å². The Hall–Kier alpha value is -6.80. The molecule has 74 heavy (non-hydrogen) atoms. The average molecular weight is 1030 g/mol. The van der Waals surface area contributed by atoms with Crippen molar-refractivity contribution in [3.63, 3.8) is 0 Å². The molecule has 4 amide bonds. The lowest BCUT2D eigenvalue weighted by Gasteiger charge is -2.47. The van der Waals surface area contributed by atoms with Crippen LogP contribution < -0.4 is 26.3 Å². The van der Waals surface area contributed by atoms with E-state index in [2.05, 4.69) is 48.1 Å². The number of methoxy groups -OCH3 is 1. The molecule has 22 heteroatoms. The number of anilines is 1. The summed E-state index contributed by atoms with van der Waals surface area (Å²) in [6, 6.07) is 11.5. The highest BCUT2D eigenvalue weighted by molar-refractivity contribution is 5.87. The summed E-state index contributed by atoms with van der Waals surface area (Å²) in [5.41, 5.74) is 1.63. The second-order valence-corrected chi connectivity index (χ2v) is 21.1. The van der Waals surface area contributed by atoms with Gasteiger partial charge in [0.05, 0.1) is 44.2 Å².